The second kappa shape index (κ2) is 6.97. The van der Waals surface area contributed by atoms with Crippen LogP contribution in [0.3, 0.4) is 0 Å². The molecule has 0 aromatic carbocycles. The SMILES string of the molecule is COc1ccc2ncc(Cl)c([C@@H](O)CN3CCC(N)CC3)c2n1. The molecule has 3 rings (SSSR count). The van der Waals surface area contributed by atoms with Crippen molar-refractivity contribution >= 4 is 22.6 Å². The van der Waals surface area contributed by atoms with E-state index in [0.29, 0.717) is 34.0 Å². The molecule has 1 aliphatic rings. The van der Waals surface area contributed by atoms with Crippen LogP contribution in [-0.2, 0) is 0 Å². The molecule has 1 atom stereocenters. The lowest BCUT2D eigenvalue weighted by atomic mass is 10.0. The number of aliphatic hydroxyl groups excluding tert-OH is 1. The highest BCUT2D eigenvalue weighted by Gasteiger charge is 2.23. The molecule has 7 heteroatoms. The minimum absolute atomic E-state index is 0.264. The summed E-state index contributed by atoms with van der Waals surface area (Å²) in [7, 11) is 1.55. The summed E-state index contributed by atoms with van der Waals surface area (Å²) in [5.74, 6) is 0.471. The number of likely N-dealkylation sites (tertiary alicyclic amines) is 1. The number of rotatable bonds is 4. The molecule has 1 aliphatic heterocycles. The van der Waals surface area contributed by atoms with Gasteiger partial charge in [0.05, 0.1) is 23.8 Å². The van der Waals surface area contributed by atoms with Crippen LogP contribution in [0.25, 0.3) is 11.0 Å². The summed E-state index contributed by atoms with van der Waals surface area (Å²) < 4.78 is 5.17. The standard InChI is InChI=1S/C16H21ClN4O2/c1-23-14-3-2-12-16(20-14)15(11(17)8-19-12)13(22)9-21-6-4-10(18)5-7-21/h2-3,8,10,13,22H,4-7,9,18H2,1H3/t13-/m0/s1. The van der Waals surface area contributed by atoms with Gasteiger partial charge in [0.25, 0.3) is 0 Å². The van der Waals surface area contributed by atoms with Crippen LogP contribution in [0.15, 0.2) is 18.3 Å². The first-order valence-corrected chi connectivity index (χ1v) is 8.11. The van der Waals surface area contributed by atoms with Crippen molar-refractivity contribution in [2.24, 2.45) is 5.73 Å². The van der Waals surface area contributed by atoms with Crippen LogP contribution in [0.5, 0.6) is 5.88 Å². The number of β-amino-alcohol motifs (C(OH)–C–C–N with tert-alkyl or cyclic N) is 1. The number of hydrogen-bond acceptors (Lipinski definition) is 6. The molecule has 23 heavy (non-hydrogen) atoms. The number of hydrogen-bond donors (Lipinski definition) is 2. The highest BCUT2D eigenvalue weighted by atomic mass is 35.5. The number of ether oxygens (including phenoxy) is 1. The molecule has 3 N–H and O–H groups in total. The molecule has 124 valence electrons. The average Bonchev–Trinajstić information content (AvgIpc) is 2.56. The molecule has 1 fully saturated rings. The van der Waals surface area contributed by atoms with Gasteiger partial charge in [0.15, 0.2) is 0 Å². The van der Waals surface area contributed by atoms with Crippen LogP contribution in [-0.4, -0.2) is 52.8 Å². The van der Waals surface area contributed by atoms with Gasteiger partial charge in [-0.25, -0.2) is 4.98 Å². The zero-order valence-electron chi connectivity index (χ0n) is 13.1. The first-order chi connectivity index (χ1) is 11.1. The van der Waals surface area contributed by atoms with Crippen molar-refractivity contribution in [3.63, 3.8) is 0 Å². The number of methoxy groups -OCH3 is 1. The predicted octanol–water partition coefficient (Wildman–Crippen LogP) is 1.75. The number of nitrogens with two attached hydrogens (primary N) is 1. The van der Waals surface area contributed by atoms with Gasteiger partial charge >= 0.3 is 0 Å². The van der Waals surface area contributed by atoms with E-state index < -0.39 is 6.10 Å². The lowest BCUT2D eigenvalue weighted by molar-refractivity contribution is 0.0985. The molecule has 0 spiro atoms. The topological polar surface area (TPSA) is 84.5 Å². The number of halogens is 1. The number of nitrogens with zero attached hydrogens (tertiary/aromatic N) is 3. The number of aliphatic hydroxyl groups is 1. The first-order valence-electron chi connectivity index (χ1n) is 7.73. The second-order valence-electron chi connectivity index (χ2n) is 5.89. The molecule has 2 aromatic heterocycles. The largest absolute Gasteiger partial charge is 0.481 e. The van der Waals surface area contributed by atoms with Crippen LogP contribution >= 0.6 is 11.6 Å². The molecule has 2 aromatic rings. The zero-order chi connectivity index (χ0) is 16.4. The molecule has 0 bridgehead atoms. The third kappa shape index (κ3) is 3.55. The van der Waals surface area contributed by atoms with Crippen LogP contribution in [0, 0.1) is 0 Å². The van der Waals surface area contributed by atoms with E-state index in [0.717, 1.165) is 25.9 Å². The summed E-state index contributed by atoms with van der Waals surface area (Å²) in [6.45, 7) is 2.27. The van der Waals surface area contributed by atoms with Gasteiger partial charge in [-0.15, -0.1) is 0 Å². The lowest BCUT2D eigenvalue weighted by Gasteiger charge is -2.31. The summed E-state index contributed by atoms with van der Waals surface area (Å²) in [6, 6.07) is 3.82. The van der Waals surface area contributed by atoms with Crippen molar-refractivity contribution in [1.29, 1.82) is 0 Å². The monoisotopic (exact) mass is 336 g/mol. The Labute approximate surface area is 140 Å². The van der Waals surface area contributed by atoms with Crippen molar-refractivity contribution in [2.45, 2.75) is 25.0 Å². The Kier molecular flexibility index (Phi) is 4.96. The minimum atomic E-state index is -0.734. The average molecular weight is 337 g/mol. The van der Waals surface area contributed by atoms with E-state index in [1.165, 1.54) is 0 Å². The van der Waals surface area contributed by atoms with E-state index in [2.05, 4.69) is 14.9 Å². The van der Waals surface area contributed by atoms with Gasteiger partial charge in [0.2, 0.25) is 5.88 Å². The fourth-order valence-corrected chi connectivity index (χ4v) is 3.21. The quantitative estimate of drug-likeness (QED) is 0.884. The molecule has 0 amide bonds. The van der Waals surface area contributed by atoms with Gasteiger partial charge in [0.1, 0.15) is 5.52 Å². The van der Waals surface area contributed by atoms with E-state index in [1.54, 1.807) is 19.4 Å². The molecule has 0 radical (unpaired) electrons. The summed E-state index contributed by atoms with van der Waals surface area (Å²) in [4.78, 5) is 10.9. The maximum Gasteiger partial charge on any atom is 0.213 e. The lowest BCUT2D eigenvalue weighted by Crippen LogP contribution is -2.41. The Balaban J connectivity index is 1.89. The number of aromatic nitrogens is 2. The van der Waals surface area contributed by atoms with Crippen LogP contribution in [0.4, 0.5) is 0 Å². The van der Waals surface area contributed by atoms with Crippen molar-refractivity contribution < 1.29 is 9.84 Å². The van der Waals surface area contributed by atoms with Gasteiger partial charge in [-0.3, -0.25) is 4.98 Å². The Morgan fingerprint density at radius 2 is 2.17 bits per heavy atom. The van der Waals surface area contributed by atoms with Gasteiger partial charge in [-0.05, 0) is 32.0 Å². The van der Waals surface area contributed by atoms with Crippen molar-refractivity contribution in [3.8, 4) is 5.88 Å². The second-order valence-corrected chi connectivity index (χ2v) is 6.30. The Bertz CT molecular complexity index is 689. The molecule has 3 heterocycles. The van der Waals surface area contributed by atoms with Crippen LogP contribution in [0.2, 0.25) is 5.02 Å². The van der Waals surface area contributed by atoms with Crippen LogP contribution in [0.1, 0.15) is 24.5 Å². The minimum Gasteiger partial charge on any atom is -0.481 e. The van der Waals surface area contributed by atoms with Gasteiger partial charge in [0, 0.05) is 30.4 Å². The molecular formula is C16H21ClN4O2. The van der Waals surface area contributed by atoms with Crippen molar-refractivity contribution in [2.75, 3.05) is 26.7 Å². The van der Waals surface area contributed by atoms with E-state index in [1.807, 2.05) is 6.07 Å². The third-order valence-electron chi connectivity index (χ3n) is 4.28. The fraction of sp³-hybridized carbons (Fsp3) is 0.500. The fourth-order valence-electron chi connectivity index (χ4n) is 2.95. The Morgan fingerprint density at radius 1 is 1.43 bits per heavy atom. The third-order valence-corrected chi connectivity index (χ3v) is 4.58. The van der Waals surface area contributed by atoms with E-state index in [-0.39, 0.29) is 6.04 Å². The molecule has 0 saturated carbocycles. The van der Waals surface area contributed by atoms with Crippen LogP contribution < -0.4 is 10.5 Å². The molecular weight excluding hydrogens is 316 g/mol. The summed E-state index contributed by atoms with van der Waals surface area (Å²) >= 11 is 6.29. The predicted molar refractivity (Wildman–Crippen MR) is 89.7 cm³/mol. The first kappa shape index (κ1) is 16.4. The van der Waals surface area contributed by atoms with E-state index in [4.69, 9.17) is 22.1 Å². The van der Waals surface area contributed by atoms with Gasteiger partial charge in [-0.1, -0.05) is 11.6 Å². The zero-order valence-corrected chi connectivity index (χ0v) is 13.8. The Hall–Kier alpha value is -1.47. The number of fused-ring (bicyclic) bond motifs is 1. The molecule has 6 nitrogen and oxygen atoms in total. The highest BCUT2D eigenvalue weighted by molar-refractivity contribution is 6.32. The molecule has 0 aliphatic carbocycles. The number of piperidine rings is 1. The maximum atomic E-state index is 10.7. The smallest absolute Gasteiger partial charge is 0.213 e. The normalized spacial score (nSPS) is 18.3. The van der Waals surface area contributed by atoms with E-state index in [9.17, 15) is 5.11 Å². The summed E-state index contributed by atoms with van der Waals surface area (Å²) in [5.41, 5.74) is 7.80. The van der Waals surface area contributed by atoms with E-state index >= 15 is 0 Å². The highest BCUT2D eigenvalue weighted by Crippen LogP contribution is 2.30. The number of pyridine rings is 2. The summed E-state index contributed by atoms with van der Waals surface area (Å²) in [5, 5.41) is 11.1. The molecule has 0 unspecified atom stereocenters. The van der Waals surface area contributed by atoms with Gasteiger partial charge < -0.3 is 20.5 Å². The van der Waals surface area contributed by atoms with Crippen molar-refractivity contribution in [3.05, 3.63) is 28.9 Å². The Morgan fingerprint density at radius 3 is 2.87 bits per heavy atom. The maximum absolute atomic E-state index is 10.7. The summed E-state index contributed by atoms with van der Waals surface area (Å²) in [6.07, 6.45) is 2.72. The molecule has 1 saturated heterocycles. The van der Waals surface area contributed by atoms with Crippen molar-refractivity contribution in [1.82, 2.24) is 14.9 Å². The van der Waals surface area contributed by atoms with Gasteiger partial charge in [-0.2, -0.15) is 0 Å².